The van der Waals surface area contributed by atoms with Gasteiger partial charge in [0, 0.05) is 49.7 Å². The van der Waals surface area contributed by atoms with Gasteiger partial charge in [0.15, 0.2) is 5.82 Å². The summed E-state index contributed by atoms with van der Waals surface area (Å²) in [6.07, 6.45) is -3.75. The maximum Gasteiger partial charge on any atom is 0.420 e. The smallest absolute Gasteiger partial charge is 0.351 e. The molecule has 0 radical (unpaired) electrons. The number of benzene rings is 1. The fourth-order valence-electron chi connectivity index (χ4n) is 3.20. The van der Waals surface area contributed by atoms with E-state index in [4.69, 9.17) is 0 Å². The minimum atomic E-state index is -4.51. The lowest BCUT2D eigenvalue weighted by molar-refractivity contribution is -0.137. The van der Waals surface area contributed by atoms with E-state index in [0.29, 0.717) is 31.7 Å². The maximum absolute atomic E-state index is 13.8. The monoisotopic (exact) mass is 420 g/mol. The molecular formula is C19H19F3N6S. The summed E-state index contributed by atoms with van der Waals surface area (Å²) in [7, 11) is 0. The summed E-state index contributed by atoms with van der Waals surface area (Å²) in [5.41, 5.74) is 0.0510. The molecular weight excluding hydrogens is 401 g/mol. The Morgan fingerprint density at radius 3 is 2.31 bits per heavy atom. The first-order valence-electron chi connectivity index (χ1n) is 9.28. The zero-order valence-electron chi connectivity index (χ0n) is 15.7. The predicted octanol–water partition coefficient (Wildman–Crippen LogP) is 3.90. The van der Waals surface area contributed by atoms with Crippen LogP contribution in [0.3, 0.4) is 0 Å². The lowest BCUT2D eigenvalue weighted by atomic mass is 10.1. The standard InChI is InChI=1S/C19H19F3N6S/c1-2-16-23-18(29-26-16)28-10-8-27(9-11-28)17-14(19(20,21)22)12-15(24-25-17)13-6-4-3-5-7-13/h3-7,12H,2,8-11H2,1H3. The van der Waals surface area contributed by atoms with Crippen molar-refractivity contribution in [3.8, 4) is 11.3 Å². The van der Waals surface area contributed by atoms with Gasteiger partial charge >= 0.3 is 6.18 Å². The number of aromatic nitrogens is 4. The SMILES string of the molecule is CCc1nsc(N2CCN(c3nnc(-c4ccccc4)cc3C(F)(F)F)CC2)n1. The van der Waals surface area contributed by atoms with Gasteiger partial charge in [-0.3, -0.25) is 0 Å². The number of hydrogen-bond acceptors (Lipinski definition) is 7. The molecule has 0 N–H and O–H groups in total. The summed E-state index contributed by atoms with van der Waals surface area (Å²) >= 11 is 1.32. The minimum absolute atomic E-state index is 0.122. The summed E-state index contributed by atoms with van der Waals surface area (Å²) < 4.78 is 45.6. The van der Waals surface area contributed by atoms with Gasteiger partial charge in [-0.05, 0) is 6.07 Å². The molecule has 4 rings (SSSR count). The molecule has 1 aliphatic heterocycles. The van der Waals surface area contributed by atoms with Crippen molar-refractivity contribution in [1.29, 1.82) is 0 Å². The topological polar surface area (TPSA) is 58.0 Å². The second-order valence-electron chi connectivity index (χ2n) is 6.65. The fraction of sp³-hybridized carbons (Fsp3) is 0.368. The first-order chi connectivity index (χ1) is 14.0. The molecule has 3 heterocycles. The number of piperazine rings is 1. The van der Waals surface area contributed by atoms with Crippen molar-refractivity contribution in [2.75, 3.05) is 36.0 Å². The highest BCUT2D eigenvalue weighted by Gasteiger charge is 2.37. The molecule has 1 aliphatic rings. The van der Waals surface area contributed by atoms with Gasteiger partial charge in [0.1, 0.15) is 11.4 Å². The number of alkyl halides is 3. The van der Waals surface area contributed by atoms with E-state index in [2.05, 4.69) is 19.6 Å². The van der Waals surface area contributed by atoms with Crippen LogP contribution < -0.4 is 9.80 Å². The molecule has 0 amide bonds. The zero-order chi connectivity index (χ0) is 20.4. The van der Waals surface area contributed by atoms with E-state index in [9.17, 15) is 13.2 Å². The first-order valence-corrected chi connectivity index (χ1v) is 10.1. The third-order valence-corrected chi connectivity index (χ3v) is 5.59. The molecule has 29 heavy (non-hydrogen) atoms. The lowest BCUT2D eigenvalue weighted by Gasteiger charge is -2.35. The number of aryl methyl sites for hydroxylation is 1. The van der Waals surface area contributed by atoms with E-state index in [1.165, 1.54) is 11.5 Å². The van der Waals surface area contributed by atoms with E-state index in [-0.39, 0.29) is 11.5 Å². The Bertz CT molecular complexity index is 968. The molecule has 10 heteroatoms. The van der Waals surface area contributed by atoms with Crippen molar-refractivity contribution in [2.45, 2.75) is 19.5 Å². The van der Waals surface area contributed by atoms with Crippen LogP contribution in [0.1, 0.15) is 18.3 Å². The first kappa shape index (κ1) is 19.6. The van der Waals surface area contributed by atoms with Gasteiger partial charge in [-0.2, -0.15) is 17.5 Å². The van der Waals surface area contributed by atoms with Gasteiger partial charge in [0.05, 0.1) is 5.69 Å². The highest BCUT2D eigenvalue weighted by atomic mass is 32.1. The molecule has 1 fully saturated rings. The van der Waals surface area contributed by atoms with E-state index in [0.717, 1.165) is 23.4 Å². The van der Waals surface area contributed by atoms with Crippen molar-refractivity contribution in [3.05, 3.63) is 47.8 Å². The van der Waals surface area contributed by atoms with Crippen molar-refractivity contribution in [3.63, 3.8) is 0 Å². The molecule has 1 aromatic carbocycles. The molecule has 1 saturated heterocycles. The fourth-order valence-corrected chi connectivity index (χ4v) is 4.00. The molecule has 2 aromatic heterocycles. The van der Waals surface area contributed by atoms with Crippen molar-refractivity contribution >= 4 is 22.5 Å². The average Bonchev–Trinajstić information content (AvgIpc) is 3.23. The van der Waals surface area contributed by atoms with Crippen LogP contribution in [-0.2, 0) is 12.6 Å². The highest BCUT2D eigenvalue weighted by Crippen LogP contribution is 2.37. The normalized spacial score (nSPS) is 15.0. The zero-order valence-corrected chi connectivity index (χ0v) is 16.5. The third kappa shape index (κ3) is 4.16. The van der Waals surface area contributed by atoms with Crippen LogP contribution in [0.2, 0.25) is 0 Å². The molecule has 0 bridgehead atoms. The predicted molar refractivity (Wildman–Crippen MR) is 106 cm³/mol. The third-order valence-electron chi connectivity index (χ3n) is 4.77. The highest BCUT2D eigenvalue weighted by molar-refractivity contribution is 7.09. The second kappa shape index (κ2) is 7.94. The van der Waals surface area contributed by atoms with Crippen LogP contribution >= 0.6 is 11.5 Å². The number of anilines is 2. The Hall–Kier alpha value is -2.75. The van der Waals surface area contributed by atoms with Crippen LogP contribution in [0.4, 0.5) is 24.1 Å². The molecule has 0 unspecified atom stereocenters. The molecule has 0 atom stereocenters. The number of nitrogens with zero attached hydrogens (tertiary/aromatic N) is 6. The second-order valence-corrected chi connectivity index (χ2v) is 7.38. The summed E-state index contributed by atoms with van der Waals surface area (Å²) in [6.45, 7) is 3.91. The van der Waals surface area contributed by atoms with Crippen LogP contribution in [-0.4, -0.2) is 45.7 Å². The molecule has 0 spiro atoms. The maximum atomic E-state index is 13.8. The quantitative estimate of drug-likeness (QED) is 0.638. The molecule has 6 nitrogen and oxygen atoms in total. The largest absolute Gasteiger partial charge is 0.420 e. The van der Waals surface area contributed by atoms with Crippen molar-refractivity contribution in [2.24, 2.45) is 0 Å². The van der Waals surface area contributed by atoms with Gasteiger partial charge in [0.2, 0.25) is 5.13 Å². The Balaban J connectivity index is 1.57. The van der Waals surface area contributed by atoms with Gasteiger partial charge in [0.25, 0.3) is 0 Å². The van der Waals surface area contributed by atoms with Gasteiger partial charge in [-0.15, -0.1) is 10.2 Å². The van der Waals surface area contributed by atoms with Gasteiger partial charge in [-0.25, -0.2) is 4.98 Å². The summed E-state index contributed by atoms with van der Waals surface area (Å²) in [5, 5.41) is 8.85. The van der Waals surface area contributed by atoms with Crippen molar-refractivity contribution < 1.29 is 13.2 Å². The Kier molecular flexibility index (Phi) is 5.35. The van der Waals surface area contributed by atoms with Gasteiger partial charge in [-0.1, -0.05) is 37.3 Å². The Morgan fingerprint density at radius 1 is 1.00 bits per heavy atom. The van der Waals surface area contributed by atoms with Crippen LogP contribution in [0.5, 0.6) is 0 Å². The number of rotatable bonds is 4. The summed E-state index contributed by atoms with van der Waals surface area (Å²) in [5.74, 6) is 0.664. The molecule has 3 aromatic rings. The molecule has 0 aliphatic carbocycles. The van der Waals surface area contributed by atoms with E-state index >= 15 is 0 Å². The average molecular weight is 420 g/mol. The molecule has 152 valence electrons. The molecule has 0 saturated carbocycles. The van der Waals surface area contributed by atoms with Crippen LogP contribution in [0.15, 0.2) is 36.4 Å². The van der Waals surface area contributed by atoms with Gasteiger partial charge < -0.3 is 9.80 Å². The summed E-state index contributed by atoms with van der Waals surface area (Å²) in [6, 6.07) is 9.84. The van der Waals surface area contributed by atoms with E-state index in [1.54, 1.807) is 35.2 Å². The Labute approximate surface area is 170 Å². The van der Waals surface area contributed by atoms with Crippen LogP contribution in [0.25, 0.3) is 11.3 Å². The summed E-state index contributed by atoms with van der Waals surface area (Å²) in [4.78, 5) is 8.15. The Morgan fingerprint density at radius 2 is 1.69 bits per heavy atom. The number of hydrogen-bond donors (Lipinski definition) is 0. The van der Waals surface area contributed by atoms with E-state index in [1.807, 2.05) is 11.8 Å². The van der Waals surface area contributed by atoms with Crippen molar-refractivity contribution in [1.82, 2.24) is 19.6 Å². The van der Waals surface area contributed by atoms with Crippen LogP contribution in [0, 0.1) is 0 Å². The number of halogens is 3. The minimum Gasteiger partial charge on any atom is -0.351 e. The lowest BCUT2D eigenvalue weighted by Crippen LogP contribution is -2.47. The van der Waals surface area contributed by atoms with E-state index < -0.39 is 11.7 Å².